The highest BCUT2D eigenvalue weighted by molar-refractivity contribution is 8.01. The standard InChI is InChI=1S/C19H22N2O2S2/c1-23-15-6-7-17-14(10-15)11-18(25-17)24-12-13-4-2-3-5-16(13)19(22)21-9-8-20/h6-7,10-11,13,16H,2-5,9,12H2,1H3,(H,21,22). The highest BCUT2D eigenvalue weighted by Gasteiger charge is 2.30. The molecule has 3 rings (SSSR count). The minimum atomic E-state index is 0.0454. The summed E-state index contributed by atoms with van der Waals surface area (Å²) >= 11 is 3.64. The topological polar surface area (TPSA) is 62.1 Å². The van der Waals surface area contributed by atoms with E-state index in [0.29, 0.717) is 5.92 Å². The summed E-state index contributed by atoms with van der Waals surface area (Å²) in [5, 5.41) is 12.6. The molecule has 6 heteroatoms. The van der Waals surface area contributed by atoms with Crippen LogP contribution in [0, 0.1) is 23.2 Å². The SMILES string of the molecule is COc1ccc2sc(SCC3CCCCC3C(=O)NCC#N)cc2c1. The van der Waals surface area contributed by atoms with Gasteiger partial charge in [-0.3, -0.25) is 4.79 Å². The Morgan fingerprint density at radius 2 is 2.24 bits per heavy atom. The van der Waals surface area contributed by atoms with E-state index in [-0.39, 0.29) is 18.4 Å². The quantitative estimate of drug-likeness (QED) is 0.599. The molecule has 25 heavy (non-hydrogen) atoms. The van der Waals surface area contributed by atoms with E-state index in [1.54, 1.807) is 18.4 Å². The Balaban J connectivity index is 1.64. The number of carbonyl (C=O) groups is 1. The molecule has 2 unspecified atom stereocenters. The normalized spacial score (nSPS) is 20.2. The van der Waals surface area contributed by atoms with E-state index in [2.05, 4.69) is 23.5 Å². The van der Waals surface area contributed by atoms with E-state index < -0.39 is 0 Å². The number of rotatable bonds is 6. The molecule has 2 aromatic rings. The molecule has 1 fully saturated rings. The van der Waals surface area contributed by atoms with Crippen LogP contribution < -0.4 is 10.1 Å². The van der Waals surface area contributed by atoms with Crippen molar-refractivity contribution in [1.29, 1.82) is 5.26 Å². The Hall–Kier alpha value is -1.71. The number of nitriles is 1. The second-order valence-corrected chi connectivity index (χ2v) is 8.71. The average Bonchev–Trinajstić information content (AvgIpc) is 3.06. The van der Waals surface area contributed by atoms with Crippen LogP contribution in [0.15, 0.2) is 28.5 Å². The summed E-state index contributed by atoms with van der Waals surface area (Å²) < 4.78 is 7.83. The lowest BCUT2D eigenvalue weighted by molar-refractivity contribution is -0.127. The largest absolute Gasteiger partial charge is 0.497 e. The molecule has 2 atom stereocenters. The number of thioether (sulfide) groups is 1. The molecule has 4 nitrogen and oxygen atoms in total. The summed E-state index contributed by atoms with van der Waals surface area (Å²) in [7, 11) is 1.68. The van der Waals surface area contributed by atoms with Gasteiger partial charge in [-0.15, -0.1) is 23.1 Å². The van der Waals surface area contributed by atoms with Crippen LogP contribution >= 0.6 is 23.1 Å². The number of amides is 1. The van der Waals surface area contributed by atoms with Gasteiger partial charge in [0.15, 0.2) is 0 Å². The number of carbonyl (C=O) groups excluding carboxylic acids is 1. The summed E-state index contributed by atoms with van der Waals surface area (Å²) in [6, 6.07) is 10.4. The zero-order valence-corrected chi connectivity index (χ0v) is 15.9. The molecule has 0 radical (unpaired) electrons. The predicted octanol–water partition coefficient (Wildman–Crippen LogP) is 4.45. The smallest absolute Gasteiger partial charge is 0.224 e. The first-order chi connectivity index (χ1) is 12.2. The van der Waals surface area contributed by atoms with Crippen molar-refractivity contribution in [3.8, 4) is 11.8 Å². The van der Waals surface area contributed by atoms with Gasteiger partial charge in [-0.05, 0) is 48.4 Å². The maximum Gasteiger partial charge on any atom is 0.224 e. The zero-order chi connectivity index (χ0) is 17.6. The Morgan fingerprint density at radius 3 is 3.04 bits per heavy atom. The third-order valence-corrected chi connectivity index (χ3v) is 7.24. The van der Waals surface area contributed by atoms with Crippen LogP contribution in [-0.4, -0.2) is 25.3 Å². The van der Waals surface area contributed by atoms with Crippen molar-refractivity contribution in [2.45, 2.75) is 29.9 Å². The van der Waals surface area contributed by atoms with Crippen molar-refractivity contribution < 1.29 is 9.53 Å². The van der Waals surface area contributed by atoms with Gasteiger partial charge in [0.2, 0.25) is 5.91 Å². The van der Waals surface area contributed by atoms with Crippen molar-refractivity contribution >= 4 is 39.1 Å². The van der Waals surface area contributed by atoms with Gasteiger partial charge in [0.1, 0.15) is 12.3 Å². The van der Waals surface area contributed by atoms with E-state index in [4.69, 9.17) is 10.00 Å². The number of benzene rings is 1. The number of ether oxygens (including phenoxy) is 1. The number of fused-ring (bicyclic) bond motifs is 1. The van der Waals surface area contributed by atoms with E-state index in [9.17, 15) is 4.79 Å². The van der Waals surface area contributed by atoms with Gasteiger partial charge in [0.05, 0.1) is 17.4 Å². The molecule has 0 saturated heterocycles. The van der Waals surface area contributed by atoms with Crippen LogP contribution in [0.2, 0.25) is 0 Å². The summed E-state index contributed by atoms with van der Waals surface area (Å²) in [5.41, 5.74) is 0. The van der Waals surface area contributed by atoms with Crippen LogP contribution in [0.4, 0.5) is 0 Å². The minimum Gasteiger partial charge on any atom is -0.497 e. The molecule has 1 aromatic carbocycles. The second-order valence-electron chi connectivity index (χ2n) is 6.31. The fraction of sp³-hybridized carbons (Fsp3) is 0.474. The number of methoxy groups -OCH3 is 1. The first-order valence-corrected chi connectivity index (χ1v) is 10.4. The van der Waals surface area contributed by atoms with E-state index in [1.165, 1.54) is 20.7 Å². The van der Waals surface area contributed by atoms with Gasteiger partial charge in [0, 0.05) is 16.4 Å². The number of hydrogen-bond acceptors (Lipinski definition) is 5. The van der Waals surface area contributed by atoms with Gasteiger partial charge in [-0.2, -0.15) is 5.26 Å². The molecule has 1 saturated carbocycles. The molecule has 1 aliphatic carbocycles. The second kappa shape index (κ2) is 8.59. The molecule has 1 heterocycles. The van der Waals surface area contributed by atoms with E-state index in [1.807, 2.05) is 23.9 Å². The predicted molar refractivity (Wildman–Crippen MR) is 103 cm³/mol. The van der Waals surface area contributed by atoms with Crippen molar-refractivity contribution in [3.05, 3.63) is 24.3 Å². The average molecular weight is 375 g/mol. The lowest BCUT2D eigenvalue weighted by Gasteiger charge is -2.30. The fourth-order valence-corrected chi connectivity index (χ4v) is 5.87. The third-order valence-electron chi connectivity index (χ3n) is 4.73. The number of nitrogens with zero attached hydrogens (tertiary/aromatic N) is 1. The Bertz CT molecular complexity index is 781. The molecule has 0 aliphatic heterocycles. The molecular weight excluding hydrogens is 352 g/mol. The van der Waals surface area contributed by atoms with Crippen molar-refractivity contribution in [1.82, 2.24) is 5.32 Å². The van der Waals surface area contributed by atoms with Gasteiger partial charge in [0.25, 0.3) is 0 Å². The lowest BCUT2D eigenvalue weighted by atomic mass is 9.80. The first kappa shape index (κ1) is 18.1. The molecule has 1 N–H and O–H groups in total. The molecule has 1 aliphatic rings. The number of thiophene rings is 1. The van der Waals surface area contributed by atoms with Crippen LogP contribution in [0.3, 0.4) is 0 Å². The van der Waals surface area contributed by atoms with Gasteiger partial charge in [-0.25, -0.2) is 0 Å². The summed E-state index contributed by atoms with van der Waals surface area (Å²) in [6.45, 7) is 0.105. The van der Waals surface area contributed by atoms with Crippen LogP contribution in [-0.2, 0) is 4.79 Å². The Kier molecular flexibility index (Phi) is 6.22. The summed E-state index contributed by atoms with van der Waals surface area (Å²) in [6.07, 6.45) is 4.33. The molecule has 0 spiro atoms. The lowest BCUT2D eigenvalue weighted by Crippen LogP contribution is -2.37. The fourth-order valence-electron chi connectivity index (χ4n) is 3.39. The Labute approximate surface area is 156 Å². The highest BCUT2D eigenvalue weighted by atomic mass is 32.2. The van der Waals surface area contributed by atoms with Crippen molar-refractivity contribution in [3.63, 3.8) is 0 Å². The minimum absolute atomic E-state index is 0.0454. The Morgan fingerprint density at radius 1 is 1.40 bits per heavy atom. The monoisotopic (exact) mass is 374 g/mol. The first-order valence-electron chi connectivity index (χ1n) is 8.56. The molecule has 0 bridgehead atoms. The summed E-state index contributed by atoms with van der Waals surface area (Å²) in [4.78, 5) is 12.3. The van der Waals surface area contributed by atoms with E-state index >= 15 is 0 Å². The summed E-state index contributed by atoms with van der Waals surface area (Å²) in [5.74, 6) is 2.31. The highest BCUT2D eigenvalue weighted by Crippen LogP contribution is 2.39. The van der Waals surface area contributed by atoms with Crippen molar-refractivity contribution in [2.24, 2.45) is 11.8 Å². The number of hydrogen-bond donors (Lipinski definition) is 1. The molecule has 1 aromatic heterocycles. The van der Waals surface area contributed by atoms with Gasteiger partial charge in [-0.1, -0.05) is 12.8 Å². The zero-order valence-electron chi connectivity index (χ0n) is 14.3. The maximum atomic E-state index is 12.3. The molecular formula is C19H22N2O2S2. The van der Waals surface area contributed by atoms with Gasteiger partial charge < -0.3 is 10.1 Å². The molecule has 1 amide bonds. The van der Waals surface area contributed by atoms with Crippen LogP contribution in [0.1, 0.15) is 25.7 Å². The third kappa shape index (κ3) is 4.47. The molecule has 132 valence electrons. The van der Waals surface area contributed by atoms with Crippen LogP contribution in [0.5, 0.6) is 5.75 Å². The van der Waals surface area contributed by atoms with Gasteiger partial charge >= 0.3 is 0 Å². The number of nitrogens with one attached hydrogen (secondary N) is 1. The van der Waals surface area contributed by atoms with Crippen LogP contribution in [0.25, 0.3) is 10.1 Å². The maximum absolute atomic E-state index is 12.3. The van der Waals surface area contributed by atoms with E-state index in [0.717, 1.165) is 30.8 Å². The van der Waals surface area contributed by atoms with Crippen molar-refractivity contribution in [2.75, 3.05) is 19.4 Å².